The zero-order valence-electron chi connectivity index (χ0n) is 14.0. The van der Waals surface area contributed by atoms with Crippen LogP contribution in [0, 0.1) is 0 Å². The molecular weight excluding hydrogens is 473 g/mol. The van der Waals surface area contributed by atoms with Crippen LogP contribution in [-0.4, -0.2) is 39.4 Å². The summed E-state index contributed by atoms with van der Waals surface area (Å²) in [6.07, 6.45) is 0.965. The lowest BCUT2D eigenvalue weighted by atomic mass is 10.2. The molecule has 132 valence electrons. The third kappa shape index (κ3) is 9.36. The fourth-order valence-electron chi connectivity index (χ4n) is 1.85. The number of nitrogens with one attached hydrogen (secondary N) is 2. The first-order valence-electron chi connectivity index (χ1n) is 7.63. The molecular formula is C16H27BrIN3O2. The fraction of sp³-hybridized carbons (Fsp3) is 0.562. The summed E-state index contributed by atoms with van der Waals surface area (Å²) < 4.78 is 11.5. The standard InChI is InChI=1S/C16H26BrN3O2.HI/c1-4-18-16(19-9-6-10-22-5-2)20-12-13-7-8-15(21-3)14(17)11-13;/h7-8,11H,4-6,9-10,12H2,1-3H3,(H2,18,19,20);1H. The highest BCUT2D eigenvalue weighted by Gasteiger charge is 2.02. The highest BCUT2D eigenvalue weighted by molar-refractivity contribution is 14.0. The lowest BCUT2D eigenvalue weighted by Crippen LogP contribution is -2.38. The van der Waals surface area contributed by atoms with Gasteiger partial charge in [-0.3, -0.25) is 0 Å². The number of benzene rings is 1. The van der Waals surface area contributed by atoms with Crippen molar-refractivity contribution < 1.29 is 9.47 Å². The van der Waals surface area contributed by atoms with E-state index >= 15 is 0 Å². The van der Waals surface area contributed by atoms with E-state index < -0.39 is 0 Å². The van der Waals surface area contributed by atoms with E-state index in [1.165, 1.54) is 0 Å². The molecule has 1 aromatic rings. The summed E-state index contributed by atoms with van der Waals surface area (Å²) in [6.45, 7) is 7.90. The summed E-state index contributed by atoms with van der Waals surface area (Å²) in [5, 5.41) is 6.55. The van der Waals surface area contributed by atoms with E-state index in [9.17, 15) is 0 Å². The van der Waals surface area contributed by atoms with Gasteiger partial charge in [-0.1, -0.05) is 6.07 Å². The third-order valence-electron chi connectivity index (χ3n) is 2.94. The molecule has 0 atom stereocenters. The summed E-state index contributed by atoms with van der Waals surface area (Å²) in [5.74, 6) is 1.65. The third-order valence-corrected chi connectivity index (χ3v) is 3.56. The molecule has 1 aromatic carbocycles. The molecule has 1 rings (SSSR count). The molecule has 0 spiro atoms. The predicted molar refractivity (Wildman–Crippen MR) is 110 cm³/mol. The number of rotatable bonds is 9. The Labute approximate surface area is 164 Å². The second-order valence-corrected chi connectivity index (χ2v) is 5.50. The predicted octanol–water partition coefficient (Wildman–Crippen LogP) is 3.56. The number of hydrogen-bond donors (Lipinski definition) is 2. The van der Waals surface area contributed by atoms with Crippen LogP contribution in [0.15, 0.2) is 27.7 Å². The van der Waals surface area contributed by atoms with E-state index in [0.717, 1.165) is 54.5 Å². The largest absolute Gasteiger partial charge is 0.496 e. The number of nitrogens with zero attached hydrogens (tertiary/aromatic N) is 1. The second-order valence-electron chi connectivity index (χ2n) is 4.64. The van der Waals surface area contributed by atoms with Crippen LogP contribution in [0.3, 0.4) is 0 Å². The van der Waals surface area contributed by atoms with Gasteiger partial charge in [-0.25, -0.2) is 4.99 Å². The fourth-order valence-corrected chi connectivity index (χ4v) is 2.43. The van der Waals surface area contributed by atoms with E-state index in [1.807, 2.05) is 25.1 Å². The molecule has 0 aliphatic rings. The molecule has 0 saturated heterocycles. The van der Waals surface area contributed by atoms with Crippen molar-refractivity contribution in [1.29, 1.82) is 0 Å². The van der Waals surface area contributed by atoms with Crippen LogP contribution in [0.25, 0.3) is 0 Å². The van der Waals surface area contributed by atoms with Gasteiger partial charge in [0.05, 0.1) is 18.1 Å². The first kappa shape index (κ1) is 22.5. The molecule has 0 bridgehead atoms. The van der Waals surface area contributed by atoms with Crippen molar-refractivity contribution in [2.45, 2.75) is 26.8 Å². The number of halogens is 2. The van der Waals surface area contributed by atoms with Gasteiger partial charge in [0.15, 0.2) is 5.96 Å². The van der Waals surface area contributed by atoms with E-state index in [2.05, 4.69) is 38.5 Å². The van der Waals surface area contributed by atoms with Gasteiger partial charge in [-0.05, 0) is 53.9 Å². The lowest BCUT2D eigenvalue weighted by Gasteiger charge is -2.11. The van der Waals surface area contributed by atoms with Gasteiger partial charge < -0.3 is 20.1 Å². The molecule has 0 heterocycles. The van der Waals surface area contributed by atoms with Gasteiger partial charge in [0.25, 0.3) is 0 Å². The maximum Gasteiger partial charge on any atom is 0.191 e. The Kier molecular flexibility index (Phi) is 13.5. The summed E-state index contributed by atoms with van der Waals surface area (Å²) in [6, 6.07) is 5.99. The highest BCUT2D eigenvalue weighted by Crippen LogP contribution is 2.25. The van der Waals surface area contributed by atoms with Crippen LogP contribution in [-0.2, 0) is 11.3 Å². The van der Waals surface area contributed by atoms with Crippen LogP contribution in [0.5, 0.6) is 5.75 Å². The summed E-state index contributed by atoms with van der Waals surface area (Å²) in [4.78, 5) is 4.59. The molecule has 0 saturated carbocycles. The van der Waals surface area contributed by atoms with Crippen LogP contribution in [0.2, 0.25) is 0 Å². The molecule has 0 amide bonds. The summed E-state index contributed by atoms with van der Waals surface area (Å²) >= 11 is 3.49. The van der Waals surface area contributed by atoms with Gasteiger partial charge in [0, 0.05) is 26.3 Å². The van der Waals surface area contributed by atoms with Gasteiger partial charge in [-0.2, -0.15) is 0 Å². The minimum absolute atomic E-state index is 0. The minimum Gasteiger partial charge on any atom is -0.496 e. The molecule has 0 aromatic heterocycles. The maximum absolute atomic E-state index is 5.32. The maximum atomic E-state index is 5.32. The van der Waals surface area contributed by atoms with E-state index in [1.54, 1.807) is 7.11 Å². The average Bonchev–Trinajstić information content (AvgIpc) is 2.52. The van der Waals surface area contributed by atoms with Gasteiger partial charge in [0.2, 0.25) is 0 Å². The first-order valence-corrected chi connectivity index (χ1v) is 8.42. The number of guanidine groups is 1. The molecule has 2 N–H and O–H groups in total. The van der Waals surface area contributed by atoms with Gasteiger partial charge >= 0.3 is 0 Å². The minimum atomic E-state index is 0. The SMILES string of the molecule is CCNC(=NCc1ccc(OC)c(Br)c1)NCCCOCC.I. The van der Waals surface area contributed by atoms with Crippen molar-refractivity contribution in [3.8, 4) is 5.75 Å². The molecule has 23 heavy (non-hydrogen) atoms. The summed E-state index contributed by atoms with van der Waals surface area (Å²) in [5.41, 5.74) is 1.12. The Balaban J connectivity index is 0.00000484. The Morgan fingerprint density at radius 3 is 2.65 bits per heavy atom. The van der Waals surface area contributed by atoms with E-state index in [0.29, 0.717) is 6.54 Å². The molecule has 5 nitrogen and oxygen atoms in total. The Hall–Kier alpha value is -0.540. The normalized spacial score (nSPS) is 10.9. The average molecular weight is 500 g/mol. The van der Waals surface area contributed by atoms with Crippen molar-refractivity contribution in [2.24, 2.45) is 4.99 Å². The first-order chi connectivity index (χ1) is 10.7. The smallest absolute Gasteiger partial charge is 0.191 e. The molecule has 0 aliphatic heterocycles. The highest BCUT2D eigenvalue weighted by atomic mass is 127. The second kappa shape index (κ2) is 13.9. The quantitative estimate of drug-likeness (QED) is 0.236. The van der Waals surface area contributed by atoms with Crippen molar-refractivity contribution in [2.75, 3.05) is 33.4 Å². The Bertz CT molecular complexity index is 473. The number of aliphatic imine (C=N–C) groups is 1. The van der Waals surface area contributed by atoms with E-state index in [-0.39, 0.29) is 24.0 Å². The monoisotopic (exact) mass is 499 g/mol. The van der Waals surface area contributed by atoms with Gasteiger partial charge in [-0.15, -0.1) is 24.0 Å². The van der Waals surface area contributed by atoms with Crippen molar-refractivity contribution in [3.05, 3.63) is 28.2 Å². The van der Waals surface area contributed by atoms with Crippen molar-refractivity contribution in [3.63, 3.8) is 0 Å². The summed E-state index contributed by atoms with van der Waals surface area (Å²) in [7, 11) is 1.66. The molecule has 0 unspecified atom stereocenters. The molecule has 7 heteroatoms. The van der Waals surface area contributed by atoms with E-state index in [4.69, 9.17) is 9.47 Å². The molecule has 0 fully saturated rings. The van der Waals surface area contributed by atoms with Crippen LogP contribution in [0.1, 0.15) is 25.8 Å². The number of ether oxygens (including phenoxy) is 2. The van der Waals surface area contributed by atoms with Crippen LogP contribution >= 0.6 is 39.9 Å². The topological polar surface area (TPSA) is 54.9 Å². The van der Waals surface area contributed by atoms with Crippen molar-refractivity contribution >= 4 is 45.9 Å². The zero-order chi connectivity index (χ0) is 16.2. The Morgan fingerprint density at radius 1 is 1.26 bits per heavy atom. The lowest BCUT2D eigenvalue weighted by molar-refractivity contribution is 0.145. The van der Waals surface area contributed by atoms with Gasteiger partial charge in [0.1, 0.15) is 5.75 Å². The van der Waals surface area contributed by atoms with Crippen LogP contribution < -0.4 is 15.4 Å². The van der Waals surface area contributed by atoms with Crippen LogP contribution in [0.4, 0.5) is 0 Å². The Morgan fingerprint density at radius 2 is 2.04 bits per heavy atom. The number of hydrogen-bond acceptors (Lipinski definition) is 3. The number of methoxy groups -OCH3 is 1. The molecule has 0 radical (unpaired) electrons. The van der Waals surface area contributed by atoms with Crippen molar-refractivity contribution in [1.82, 2.24) is 10.6 Å². The zero-order valence-corrected chi connectivity index (χ0v) is 17.9. The molecule has 0 aliphatic carbocycles.